The standard InChI is InChI=1S/C19H16O3S2/c1-13-12-17(14-8-10-16(11-9-14)24(2,21)22)18(19(20)23-13)15-6-4-3-5-7-15/h3-12H,1-2H3. The van der Waals surface area contributed by atoms with Crippen LogP contribution in [0.15, 0.2) is 70.4 Å². The summed E-state index contributed by atoms with van der Waals surface area (Å²) in [6, 6.07) is 18.2. The Labute approximate surface area is 145 Å². The van der Waals surface area contributed by atoms with Crippen LogP contribution in [0.25, 0.3) is 22.3 Å². The summed E-state index contributed by atoms with van der Waals surface area (Å²) in [6.07, 6.45) is 1.18. The van der Waals surface area contributed by atoms with Crippen LogP contribution in [0.3, 0.4) is 0 Å². The summed E-state index contributed by atoms with van der Waals surface area (Å²) in [5.41, 5.74) is 3.16. The molecule has 0 saturated carbocycles. The van der Waals surface area contributed by atoms with Crippen LogP contribution in [-0.4, -0.2) is 14.7 Å². The van der Waals surface area contributed by atoms with Gasteiger partial charge in [0.05, 0.1) is 4.90 Å². The molecule has 3 aromatic rings. The molecule has 3 rings (SSSR count). The average Bonchev–Trinajstić information content (AvgIpc) is 2.54. The number of sulfone groups is 1. The molecule has 0 radical (unpaired) electrons. The molecule has 0 spiro atoms. The van der Waals surface area contributed by atoms with Crippen LogP contribution in [0.4, 0.5) is 0 Å². The van der Waals surface area contributed by atoms with E-state index in [2.05, 4.69) is 0 Å². The third kappa shape index (κ3) is 3.32. The van der Waals surface area contributed by atoms with Crippen LogP contribution < -0.4 is 4.74 Å². The predicted molar refractivity (Wildman–Crippen MR) is 99.3 cm³/mol. The highest BCUT2D eigenvalue weighted by Crippen LogP contribution is 2.31. The molecule has 0 aliphatic carbocycles. The van der Waals surface area contributed by atoms with Gasteiger partial charge < -0.3 is 0 Å². The monoisotopic (exact) mass is 356 g/mol. The van der Waals surface area contributed by atoms with Crippen molar-refractivity contribution in [1.29, 1.82) is 0 Å². The van der Waals surface area contributed by atoms with E-state index in [1.54, 1.807) is 24.3 Å². The quantitative estimate of drug-likeness (QED) is 0.708. The highest BCUT2D eigenvalue weighted by molar-refractivity contribution is 7.90. The number of aryl methyl sites for hydroxylation is 1. The number of hydrogen-bond donors (Lipinski definition) is 0. The molecule has 1 aromatic heterocycles. The maximum atomic E-state index is 12.6. The largest absolute Gasteiger partial charge is 0.277 e. The molecule has 0 fully saturated rings. The van der Waals surface area contributed by atoms with Gasteiger partial charge >= 0.3 is 0 Å². The van der Waals surface area contributed by atoms with Crippen molar-refractivity contribution in [3.63, 3.8) is 0 Å². The highest BCUT2D eigenvalue weighted by atomic mass is 32.2. The van der Waals surface area contributed by atoms with E-state index in [0.717, 1.165) is 21.6 Å². The molecule has 3 nitrogen and oxygen atoms in total. The normalized spacial score (nSPS) is 11.4. The molecule has 2 aromatic carbocycles. The summed E-state index contributed by atoms with van der Waals surface area (Å²) >= 11 is 1.22. The summed E-state index contributed by atoms with van der Waals surface area (Å²) in [5.74, 6) is 0. The molecule has 5 heteroatoms. The van der Waals surface area contributed by atoms with E-state index in [-0.39, 0.29) is 9.64 Å². The van der Waals surface area contributed by atoms with Gasteiger partial charge in [0.1, 0.15) is 0 Å². The zero-order valence-corrected chi connectivity index (χ0v) is 14.9. The lowest BCUT2D eigenvalue weighted by molar-refractivity contribution is 0.602. The Hall–Kier alpha value is -2.24. The summed E-state index contributed by atoms with van der Waals surface area (Å²) in [5, 5.41) is 0. The lowest BCUT2D eigenvalue weighted by Gasteiger charge is -2.10. The summed E-state index contributed by atoms with van der Waals surface area (Å²) in [7, 11) is -3.24. The Kier molecular flexibility index (Phi) is 4.39. The van der Waals surface area contributed by atoms with Gasteiger partial charge in [-0.3, -0.25) is 4.79 Å². The molecule has 122 valence electrons. The van der Waals surface area contributed by atoms with Gasteiger partial charge in [-0.15, -0.1) is 0 Å². The molecular formula is C19H16O3S2. The van der Waals surface area contributed by atoms with Crippen molar-refractivity contribution >= 4 is 21.2 Å². The Morgan fingerprint density at radius 1 is 0.875 bits per heavy atom. The van der Waals surface area contributed by atoms with Crippen molar-refractivity contribution in [1.82, 2.24) is 0 Å². The van der Waals surface area contributed by atoms with Gasteiger partial charge in [-0.1, -0.05) is 53.8 Å². The predicted octanol–water partition coefficient (Wildman–Crippen LogP) is 4.15. The highest BCUT2D eigenvalue weighted by Gasteiger charge is 2.14. The minimum Gasteiger partial charge on any atom is -0.277 e. The molecule has 0 saturated heterocycles. The Morgan fingerprint density at radius 2 is 1.50 bits per heavy atom. The third-order valence-electron chi connectivity index (χ3n) is 3.73. The maximum Gasteiger partial charge on any atom is 0.241 e. The molecule has 0 N–H and O–H groups in total. The first-order valence-corrected chi connectivity index (χ1v) is 10.1. The molecule has 0 bridgehead atoms. The molecule has 1 heterocycles. The second kappa shape index (κ2) is 6.34. The van der Waals surface area contributed by atoms with Crippen molar-refractivity contribution in [2.45, 2.75) is 11.8 Å². The van der Waals surface area contributed by atoms with E-state index in [4.69, 9.17) is 0 Å². The molecule has 0 unspecified atom stereocenters. The topological polar surface area (TPSA) is 51.2 Å². The van der Waals surface area contributed by atoms with Crippen LogP contribution in [0.1, 0.15) is 4.88 Å². The van der Waals surface area contributed by atoms with Crippen molar-refractivity contribution in [3.8, 4) is 22.3 Å². The maximum absolute atomic E-state index is 12.6. The summed E-state index contributed by atoms with van der Waals surface area (Å²) < 4.78 is 23.3. The van der Waals surface area contributed by atoms with E-state index in [1.807, 2.05) is 43.3 Å². The Balaban J connectivity index is 2.23. The van der Waals surface area contributed by atoms with Gasteiger partial charge in [-0.25, -0.2) is 8.42 Å². The first kappa shape index (κ1) is 16.6. The van der Waals surface area contributed by atoms with Gasteiger partial charge in [0.2, 0.25) is 4.74 Å². The van der Waals surface area contributed by atoms with Gasteiger partial charge in [0.15, 0.2) is 9.84 Å². The van der Waals surface area contributed by atoms with E-state index in [0.29, 0.717) is 5.56 Å². The van der Waals surface area contributed by atoms with Crippen LogP contribution >= 0.6 is 11.3 Å². The van der Waals surface area contributed by atoms with Gasteiger partial charge in [0, 0.05) is 16.7 Å². The molecule has 0 atom stereocenters. The number of rotatable bonds is 3. The molecule has 0 amide bonds. The third-order valence-corrected chi connectivity index (χ3v) is 5.69. The summed E-state index contributed by atoms with van der Waals surface area (Å²) in [4.78, 5) is 13.8. The Morgan fingerprint density at radius 3 is 2.08 bits per heavy atom. The van der Waals surface area contributed by atoms with Crippen molar-refractivity contribution in [2.75, 3.05) is 6.26 Å². The lowest BCUT2D eigenvalue weighted by atomic mass is 9.97. The molecular weight excluding hydrogens is 340 g/mol. The zero-order chi connectivity index (χ0) is 17.3. The smallest absolute Gasteiger partial charge is 0.241 e. The number of hydrogen-bond acceptors (Lipinski definition) is 4. The fraction of sp³-hybridized carbons (Fsp3) is 0.105. The zero-order valence-electron chi connectivity index (χ0n) is 13.3. The second-order valence-corrected chi connectivity index (χ2v) is 8.83. The Bertz CT molecular complexity index is 1030. The van der Waals surface area contributed by atoms with Gasteiger partial charge in [-0.2, -0.15) is 0 Å². The fourth-order valence-electron chi connectivity index (χ4n) is 2.60. The second-order valence-electron chi connectivity index (χ2n) is 5.60. The average molecular weight is 356 g/mol. The summed E-state index contributed by atoms with van der Waals surface area (Å²) in [6.45, 7) is 1.90. The van der Waals surface area contributed by atoms with Gasteiger partial charge in [-0.05, 0) is 41.8 Å². The van der Waals surface area contributed by atoms with Crippen molar-refractivity contribution in [3.05, 3.63) is 75.1 Å². The molecule has 24 heavy (non-hydrogen) atoms. The first-order valence-electron chi connectivity index (χ1n) is 7.37. The fourth-order valence-corrected chi connectivity index (χ4v) is 4.03. The van der Waals surface area contributed by atoms with Crippen molar-refractivity contribution < 1.29 is 8.42 Å². The number of benzene rings is 2. The molecule has 0 aliphatic rings. The van der Waals surface area contributed by atoms with Crippen LogP contribution in [-0.2, 0) is 9.84 Å². The molecule has 0 aliphatic heterocycles. The van der Waals surface area contributed by atoms with Crippen LogP contribution in [0.2, 0.25) is 0 Å². The first-order chi connectivity index (χ1) is 11.4. The van der Waals surface area contributed by atoms with Crippen LogP contribution in [0.5, 0.6) is 0 Å². The lowest BCUT2D eigenvalue weighted by Crippen LogP contribution is -2.03. The van der Waals surface area contributed by atoms with Crippen LogP contribution in [0, 0.1) is 6.92 Å². The minimum atomic E-state index is -3.24. The van der Waals surface area contributed by atoms with E-state index < -0.39 is 9.84 Å². The minimum absolute atomic E-state index is 0.00314. The van der Waals surface area contributed by atoms with E-state index in [9.17, 15) is 13.2 Å². The van der Waals surface area contributed by atoms with E-state index in [1.165, 1.54) is 17.6 Å². The van der Waals surface area contributed by atoms with Gasteiger partial charge in [0.25, 0.3) is 0 Å². The van der Waals surface area contributed by atoms with Crippen molar-refractivity contribution in [2.24, 2.45) is 0 Å². The van der Waals surface area contributed by atoms with E-state index >= 15 is 0 Å². The SMILES string of the molecule is Cc1cc(-c2ccc(S(C)(=O)=O)cc2)c(-c2ccccc2)c(=O)s1.